The summed E-state index contributed by atoms with van der Waals surface area (Å²) >= 11 is 0. The van der Waals surface area contributed by atoms with Crippen molar-refractivity contribution in [2.24, 2.45) is 0 Å². The van der Waals surface area contributed by atoms with E-state index in [2.05, 4.69) is 0 Å². The van der Waals surface area contributed by atoms with E-state index in [1.807, 2.05) is 0 Å². The normalized spacial score (nSPS) is 10.7. The van der Waals surface area contributed by atoms with Crippen molar-refractivity contribution in [1.82, 2.24) is 0 Å². The van der Waals surface area contributed by atoms with Crippen LogP contribution in [0, 0.1) is 17.1 Å². The first-order valence-corrected chi connectivity index (χ1v) is 7.26. The lowest BCUT2D eigenvalue weighted by molar-refractivity contribution is -0.137. The van der Waals surface area contributed by atoms with Crippen LogP contribution in [0.4, 0.5) is 4.39 Å². The molecule has 0 unspecified atom stereocenters. The Balaban J connectivity index is 2.04. The van der Waals surface area contributed by atoms with Crippen LogP contribution in [-0.2, 0) is 9.53 Å². The molecule has 6 heteroatoms. The highest BCUT2D eigenvalue weighted by atomic mass is 19.1. The maximum absolute atomic E-state index is 13.5. The Morgan fingerprint density at radius 1 is 1.16 bits per heavy atom. The van der Waals surface area contributed by atoms with Gasteiger partial charge in [0.2, 0.25) is 5.78 Å². The number of benzene rings is 2. The largest absolute Gasteiger partial charge is 0.497 e. The summed E-state index contributed by atoms with van der Waals surface area (Å²) in [4.78, 5) is 23.8. The van der Waals surface area contributed by atoms with E-state index in [0.29, 0.717) is 11.3 Å². The molecule has 2 aromatic rings. The van der Waals surface area contributed by atoms with Crippen molar-refractivity contribution in [2.45, 2.75) is 0 Å². The molecule has 0 saturated heterocycles. The molecule has 0 aromatic heterocycles. The second-order valence-corrected chi connectivity index (χ2v) is 4.92. The number of hydrogen-bond donors (Lipinski definition) is 0. The van der Waals surface area contributed by atoms with Crippen LogP contribution in [0.5, 0.6) is 5.75 Å². The minimum absolute atomic E-state index is 0.173. The molecule has 0 aliphatic rings. The van der Waals surface area contributed by atoms with Crippen molar-refractivity contribution in [3.8, 4) is 11.8 Å². The smallest absolute Gasteiger partial charge is 0.349 e. The monoisotopic (exact) mass is 339 g/mol. The topological polar surface area (TPSA) is 76.4 Å². The van der Waals surface area contributed by atoms with Gasteiger partial charge in [-0.25, -0.2) is 9.18 Å². The summed E-state index contributed by atoms with van der Waals surface area (Å²) in [5, 5.41) is 9.10. The molecule has 0 spiro atoms. The van der Waals surface area contributed by atoms with Gasteiger partial charge in [-0.15, -0.1) is 0 Å². The molecule has 0 aliphatic heterocycles. The molecule has 2 aromatic carbocycles. The predicted octanol–water partition coefficient (Wildman–Crippen LogP) is 3.17. The molecule has 25 heavy (non-hydrogen) atoms. The summed E-state index contributed by atoms with van der Waals surface area (Å²) in [5.74, 6) is -1.71. The van der Waals surface area contributed by atoms with Crippen LogP contribution in [0.15, 0.2) is 54.1 Å². The molecule has 0 radical (unpaired) electrons. The van der Waals surface area contributed by atoms with Gasteiger partial charge in [0, 0.05) is 0 Å². The van der Waals surface area contributed by atoms with E-state index >= 15 is 0 Å². The van der Waals surface area contributed by atoms with Crippen molar-refractivity contribution in [1.29, 1.82) is 5.26 Å². The predicted molar refractivity (Wildman–Crippen MR) is 88.3 cm³/mol. The van der Waals surface area contributed by atoms with Crippen LogP contribution < -0.4 is 4.74 Å². The third kappa shape index (κ3) is 4.75. The molecule has 0 heterocycles. The number of Topliss-reactive ketones (excluding diaryl/α,β-unsaturated/α-hetero) is 1. The number of methoxy groups -OCH3 is 1. The summed E-state index contributed by atoms with van der Waals surface area (Å²) in [6, 6.07) is 13.8. The Bertz CT molecular complexity index is 850. The number of hydrogen-bond acceptors (Lipinski definition) is 5. The molecular formula is C19H14FNO4. The summed E-state index contributed by atoms with van der Waals surface area (Å²) in [7, 11) is 1.52. The SMILES string of the molecule is COc1ccc(/C=C(\C#N)C(=O)OCC(=O)c2ccccc2F)cc1. The average Bonchev–Trinajstić information content (AvgIpc) is 2.64. The first-order chi connectivity index (χ1) is 12.0. The Labute approximate surface area is 143 Å². The van der Waals surface area contributed by atoms with E-state index in [9.17, 15) is 14.0 Å². The van der Waals surface area contributed by atoms with Crippen molar-refractivity contribution in [2.75, 3.05) is 13.7 Å². The van der Waals surface area contributed by atoms with Gasteiger partial charge in [0.1, 0.15) is 23.2 Å². The fraction of sp³-hybridized carbons (Fsp3) is 0.105. The fourth-order valence-corrected chi connectivity index (χ4v) is 1.98. The van der Waals surface area contributed by atoms with Gasteiger partial charge in [-0.3, -0.25) is 4.79 Å². The Hall–Kier alpha value is -3.46. The van der Waals surface area contributed by atoms with Crippen molar-refractivity contribution in [3.05, 3.63) is 71.0 Å². The second-order valence-electron chi connectivity index (χ2n) is 4.92. The molecule has 0 amide bonds. The lowest BCUT2D eigenvalue weighted by Crippen LogP contribution is -2.16. The quantitative estimate of drug-likeness (QED) is 0.350. The molecule has 5 nitrogen and oxygen atoms in total. The van der Waals surface area contributed by atoms with Crippen LogP contribution in [0.1, 0.15) is 15.9 Å². The zero-order valence-electron chi connectivity index (χ0n) is 13.4. The van der Waals surface area contributed by atoms with Crippen LogP contribution in [0.3, 0.4) is 0 Å². The van der Waals surface area contributed by atoms with E-state index in [1.54, 1.807) is 30.3 Å². The number of nitriles is 1. The molecule has 0 bridgehead atoms. The Kier molecular flexibility index (Phi) is 6.02. The maximum Gasteiger partial charge on any atom is 0.349 e. The maximum atomic E-state index is 13.5. The highest BCUT2D eigenvalue weighted by Crippen LogP contribution is 2.14. The zero-order chi connectivity index (χ0) is 18.2. The van der Waals surface area contributed by atoms with Crippen LogP contribution in [0.2, 0.25) is 0 Å². The van der Waals surface area contributed by atoms with E-state index in [-0.39, 0.29) is 11.1 Å². The molecule has 0 N–H and O–H groups in total. The number of esters is 1. The first kappa shape index (κ1) is 17.9. The number of nitrogens with zero attached hydrogens (tertiary/aromatic N) is 1. The third-order valence-corrected chi connectivity index (χ3v) is 3.28. The molecule has 0 aliphatic carbocycles. The summed E-state index contributed by atoms with van der Waals surface area (Å²) in [5.41, 5.74) is 0.147. The third-order valence-electron chi connectivity index (χ3n) is 3.28. The molecule has 0 atom stereocenters. The second kappa shape index (κ2) is 8.41. The van der Waals surface area contributed by atoms with Gasteiger partial charge in [-0.2, -0.15) is 5.26 Å². The summed E-state index contributed by atoms with van der Waals surface area (Å²) in [6.45, 7) is -0.651. The number of rotatable bonds is 6. The lowest BCUT2D eigenvalue weighted by atomic mass is 10.1. The standard InChI is InChI=1S/C19H14FNO4/c1-24-15-8-6-13(7-9-15)10-14(11-21)19(23)25-12-18(22)16-4-2-3-5-17(16)20/h2-10H,12H2,1H3/b14-10+. The van der Waals surface area contributed by atoms with E-state index in [1.165, 1.54) is 31.4 Å². The van der Waals surface area contributed by atoms with Crippen LogP contribution in [0.25, 0.3) is 6.08 Å². The molecule has 0 fully saturated rings. The Morgan fingerprint density at radius 2 is 1.84 bits per heavy atom. The number of carbonyl (C=O) groups is 2. The average molecular weight is 339 g/mol. The highest BCUT2D eigenvalue weighted by Gasteiger charge is 2.16. The molecule has 2 rings (SSSR count). The van der Waals surface area contributed by atoms with E-state index < -0.39 is 24.2 Å². The minimum Gasteiger partial charge on any atom is -0.497 e. The number of ketones is 1. The van der Waals surface area contributed by atoms with Crippen LogP contribution >= 0.6 is 0 Å². The first-order valence-electron chi connectivity index (χ1n) is 7.26. The Morgan fingerprint density at radius 3 is 2.44 bits per heavy atom. The van der Waals surface area contributed by atoms with Gasteiger partial charge in [-0.1, -0.05) is 24.3 Å². The summed E-state index contributed by atoms with van der Waals surface area (Å²) in [6.07, 6.45) is 1.33. The van der Waals surface area contributed by atoms with Crippen LogP contribution in [-0.4, -0.2) is 25.5 Å². The van der Waals surface area contributed by atoms with Gasteiger partial charge in [0.25, 0.3) is 0 Å². The molecule has 0 saturated carbocycles. The highest BCUT2D eigenvalue weighted by molar-refractivity contribution is 6.02. The van der Waals surface area contributed by atoms with Gasteiger partial charge in [0.15, 0.2) is 6.61 Å². The van der Waals surface area contributed by atoms with E-state index in [0.717, 1.165) is 6.07 Å². The van der Waals surface area contributed by atoms with E-state index in [4.69, 9.17) is 14.7 Å². The van der Waals surface area contributed by atoms with Crippen molar-refractivity contribution < 1.29 is 23.5 Å². The minimum atomic E-state index is -0.956. The number of carbonyl (C=O) groups excluding carboxylic acids is 2. The lowest BCUT2D eigenvalue weighted by Gasteiger charge is -2.05. The van der Waals surface area contributed by atoms with Gasteiger partial charge < -0.3 is 9.47 Å². The number of halogens is 1. The summed E-state index contributed by atoms with van der Waals surface area (Å²) < 4.78 is 23.3. The molecular weight excluding hydrogens is 325 g/mol. The fourth-order valence-electron chi connectivity index (χ4n) is 1.98. The van der Waals surface area contributed by atoms with Gasteiger partial charge in [0.05, 0.1) is 12.7 Å². The number of ether oxygens (including phenoxy) is 2. The molecule has 126 valence electrons. The van der Waals surface area contributed by atoms with Gasteiger partial charge >= 0.3 is 5.97 Å². The zero-order valence-corrected chi connectivity index (χ0v) is 13.4. The van der Waals surface area contributed by atoms with Gasteiger partial charge in [-0.05, 0) is 35.9 Å². The van der Waals surface area contributed by atoms with Crippen molar-refractivity contribution in [3.63, 3.8) is 0 Å². The van der Waals surface area contributed by atoms with Crippen molar-refractivity contribution >= 4 is 17.8 Å².